The zero-order valence-electron chi connectivity index (χ0n) is 16.0. The Hall–Kier alpha value is -2.09. The van der Waals surface area contributed by atoms with Crippen LogP contribution in [0.25, 0.3) is 0 Å². The summed E-state index contributed by atoms with van der Waals surface area (Å²) in [7, 11) is 4.74. The van der Waals surface area contributed by atoms with Gasteiger partial charge in [0.2, 0.25) is 17.6 Å². The molecule has 27 heavy (non-hydrogen) atoms. The average molecular weight is 394 g/mol. The predicted octanol–water partition coefficient (Wildman–Crippen LogP) is 2.30. The molecule has 1 atom stereocenters. The molecule has 2 saturated heterocycles. The summed E-state index contributed by atoms with van der Waals surface area (Å²) in [5.74, 6) is 2.46. The fraction of sp³-hybridized carbons (Fsp3) is 0.579. The summed E-state index contributed by atoms with van der Waals surface area (Å²) < 4.78 is 16.4. The fourth-order valence-electron chi connectivity index (χ4n) is 3.64. The number of methoxy groups -OCH3 is 3. The molecular weight excluding hydrogens is 368 g/mol. The first-order chi connectivity index (χ1) is 13.1. The molecule has 0 bridgehead atoms. The van der Waals surface area contributed by atoms with E-state index in [1.807, 2.05) is 21.9 Å². The van der Waals surface area contributed by atoms with Crippen LogP contribution in [0.3, 0.4) is 0 Å². The van der Waals surface area contributed by atoms with Crippen molar-refractivity contribution in [3.8, 4) is 17.2 Å². The molecule has 0 saturated carbocycles. The second-order valence-corrected chi connectivity index (χ2v) is 7.58. The van der Waals surface area contributed by atoms with Crippen LogP contribution < -0.4 is 14.2 Å². The largest absolute Gasteiger partial charge is 0.493 e. The lowest BCUT2D eigenvalue weighted by atomic mass is 10.1. The summed E-state index contributed by atoms with van der Waals surface area (Å²) in [6, 6.07) is 3.76. The van der Waals surface area contributed by atoms with Crippen molar-refractivity contribution < 1.29 is 23.8 Å². The Morgan fingerprint density at radius 3 is 2.44 bits per heavy atom. The van der Waals surface area contributed by atoms with Crippen LogP contribution in [0.15, 0.2) is 12.1 Å². The summed E-state index contributed by atoms with van der Waals surface area (Å²) in [5.41, 5.74) is 0.892. The number of carbonyl (C=O) groups is 2. The maximum Gasteiger partial charge on any atom is 0.233 e. The minimum Gasteiger partial charge on any atom is -0.493 e. The Morgan fingerprint density at radius 1 is 1.04 bits per heavy atom. The molecule has 8 heteroatoms. The first-order valence-corrected chi connectivity index (χ1v) is 10.1. The van der Waals surface area contributed by atoms with Gasteiger partial charge in [0.1, 0.15) is 5.37 Å². The molecule has 7 nitrogen and oxygen atoms in total. The van der Waals surface area contributed by atoms with Crippen LogP contribution in [-0.2, 0) is 9.59 Å². The number of amides is 2. The average Bonchev–Trinajstić information content (AvgIpc) is 3.26. The van der Waals surface area contributed by atoms with Crippen molar-refractivity contribution in [3.63, 3.8) is 0 Å². The summed E-state index contributed by atoms with van der Waals surface area (Å²) in [6.07, 6.45) is 2.34. The molecule has 148 valence electrons. The molecule has 2 heterocycles. The molecule has 3 rings (SSSR count). The molecule has 1 aromatic rings. The van der Waals surface area contributed by atoms with E-state index in [1.165, 1.54) is 0 Å². The van der Waals surface area contributed by atoms with Crippen LogP contribution in [0, 0.1) is 0 Å². The minimum atomic E-state index is -0.137. The number of likely N-dealkylation sites (tertiary alicyclic amines) is 1. The molecule has 1 unspecified atom stereocenters. The molecule has 0 N–H and O–H groups in total. The van der Waals surface area contributed by atoms with E-state index in [4.69, 9.17) is 14.2 Å². The van der Waals surface area contributed by atoms with Crippen LogP contribution in [0.5, 0.6) is 17.2 Å². The number of hydrogen-bond donors (Lipinski definition) is 0. The van der Waals surface area contributed by atoms with E-state index < -0.39 is 0 Å². The van der Waals surface area contributed by atoms with Crippen molar-refractivity contribution in [2.24, 2.45) is 0 Å². The maximum atomic E-state index is 12.5. The van der Waals surface area contributed by atoms with Crippen molar-refractivity contribution >= 4 is 23.6 Å². The lowest BCUT2D eigenvalue weighted by Gasteiger charge is -2.27. The molecular formula is C19H26N2O5S. The standard InChI is InChI=1S/C19H26N2O5S/c1-24-14-8-7-13(17(25-2)18(14)26-3)19-21(16(23)12-27-19)11-5-10-20-9-4-6-15(20)22/h7-8,19H,4-6,9-12H2,1-3H3. The van der Waals surface area contributed by atoms with E-state index in [9.17, 15) is 9.59 Å². The maximum absolute atomic E-state index is 12.5. The van der Waals surface area contributed by atoms with Gasteiger partial charge in [-0.1, -0.05) is 0 Å². The Bertz CT molecular complexity index is 712. The Labute approximate surface area is 163 Å². The van der Waals surface area contributed by atoms with E-state index >= 15 is 0 Å². The van der Waals surface area contributed by atoms with Crippen molar-refractivity contribution in [3.05, 3.63) is 17.7 Å². The number of nitrogens with zero attached hydrogens (tertiary/aromatic N) is 2. The van der Waals surface area contributed by atoms with Crippen LogP contribution >= 0.6 is 11.8 Å². The van der Waals surface area contributed by atoms with Crippen LogP contribution in [0.1, 0.15) is 30.2 Å². The van der Waals surface area contributed by atoms with Crippen LogP contribution in [0.4, 0.5) is 0 Å². The zero-order chi connectivity index (χ0) is 19.4. The third-order valence-electron chi connectivity index (χ3n) is 4.97. The normalized spacial score (nSPS) is 19.7. The van der Waals surface area contributed by atoms with Gasteiger partial charge >= 0.3 is 0 Å². The van der Waals surface area contributed by atoms with E-state index in [-0.39, 0.29) is 17.2 Å². The van der Waals surface area contributed by atoms with Gasteiger partial charge < -0.3 is 24.0 Å². The van der Waals surface area contributed by atoms with Gasteiger partial charge in [0.05, 0.1) is 27.1 Å². The first kappa shape index (κ1) is 19.7. The molecule has 1 aromatic carbocycles. The molecule has 0 spiro atoms. The Kier molecular flexibility index (Phi) is 6.36. The third-order valence-corrected chi connectivity index (χ3v) is 6.20. The minimum absolute atomic E-state index is 0.106. The summed E-state index contributed by atoms with van der Waals surface area (Å²) >= 11 is 1.58. The van der Waals surface area contributed by atoms with Crippen LogP contribution in [0.2, 0.25) is 0 Å². The molecule has 0 aliphatic carbocycles. The van der Waals surface area contributed by atoms with Crippen molar-refractivity contribution in [2.75, 3.05) is 46.7 Å². The Balaban J connectivity index is 1.76. The molecule has 2 amide bonds. The van der Waals surface area contributed by atoms with Gasteiger partial charge in [0.15, 0.2) is 11.5 Å². The monoisotopic (exact) mass is 394 g/mol. The smallest absolute Gasteiger partial charge is 0.233 e. The molecule has 2 fully saturated rings. The van der Waals surface area contributed by atoms with Gasteiger partial charge in [0, 0.05) is 31.6 Å². The lowest BCUT2D eigenvalue weighted by molar-refractivity contribution is -0.128. The fourth-order valence-corrected chi connectivity index (χ4v) is 4.88. The van der Waals surface area contributed by atoms with E-state index in [0.29, 0.717) is 42.5 Å². The number of benzene rings is 1. The Morgan fingerprint density at radius 2 is 1.81 bits per heavy atom. The van der Waals surface area contributed by atoms with Gasteiger partial charge in [0.25, 0.3) is 0 Å². The third kappa shape index (κ3) is 3.95. The van der Waals surface area contributed by atoms with Crippen molar-refractivity contribution in [2.45, 2.75) is 24.6 Å². The topological polar surface area (TPSA) is 68.3 Å². The van der Waals surface area contributed by atoms with Crippen molar-refractivity contribution in [1.29, 1.82) is 0 Å². The number of thioether (sulfide) groups is 1. The van der Waals surface area contributed by atoms with E-state index in [2.05, 4.69) is 0 Å². The summed E-state index contributed by atoms with van der Waals surface area (Å²) in [4.78, 5) is 28.0. The number of hydrogen-bond acceptors (Lipinski definition) is 6. The quantitative estimate of drug-likeness (QED) is 0.674. The van der Waals surface area contributed by atoms with E-state index in [0.717, 1.165) is 24.9 Å². The number of carbonyl (C=O) groups excluding carboxylic acids is 2. The molecule has 0 radical (unpaired) electrons. The van der Waals surface area contributed by atoms with Gasteiger partial charge in [-0.2, -0.15) is 0 Å². The number of ether oxygens (including phenoxy) is 3. The molecule has 2 aliphatic heterocycles. The highest BCUT2D eigenvalue weighted by Gasteiger charge is 2.35. The van der Waals surface area contributed by atoms with Crippen molar-refractivity contribution in [1.82, 2.24) is 9.80 Å². The molecule has 2 aliphatic rings. The van der Waals surface area contributed by atoms with Gasteiger partial charge in [-0.05, 0) is 25.0 Å². The second-order valence-electron chi connectivity index (χ2n) is 6.51. The van der Waals surface area contributed by atoms with Gasteiger partial charge in [-0.3, -0.25) is 9.59 Å². The van der Waals surface area contributed by atoms with Gasteiger partial charge in [-0.15, -0.1) is 11.8 Å². The molecule has 0 aromatic heterocycles. The first-order valence-electron chi connectivity index (χ1n) is 9.08. The highest BCUT2D eigenvalue weighted by Crippen LogP contribution is 2.48. The summed E-state index contributed by atoms with van der Waals surface area (Å²) in [6.45, 7) is 2.13. The highest BCUT2D eigenvalue weighted by atomic mass is 32.2. The van der Waals surface area contributed by atoms with Gasteiger partial charge in [-0.25, -0.2) is 0 Å². The predicted molar refractivity (Wildman–Crippen MR) is 103 cm³/mol. The number of rotatable bonds is 8. The van der Waals surface area contributed by atoms with E-state index in [1.54, 1.807) is 33.1 Å². The zero-order valence-corrected chi connectivity index (χ0v) is 16.8. The van der Waals surface area contributed by atoms with Crippen LogP contribution in [-0.4, -0.2) is 68.3 Å². The highest BCUT2D eigenvalue weighted by molar-refractivity contribution is 8.00. The lowest BCUT2D eigenvalue weighted by Crippen LogP contribution is -2.33. The SMILES string of the molecule is COc1ccc(C2SCC(=O)N2CCCN2CCCC2=O)c(OC)c1OC. The summed E-state index contributed by atoms with van der Waals surface area (Å²) in [5, 5.41) is -0.137. The second kappa shape index (κ2) is 8.73.